The molecule has 0 fully saturated rings. The SMILES string of the molecule is CC(C)CCOc1nccc(C#N)n1. The van der Waals surface area contributed by atoms with Gasteiger partial charge in [-0.05, 0) is 18.4 Å². The molecule has 0 aromatic carbocycles. The van der Waals surface area contributed by atoms with Gasteiger partial charge in [0.1, 0.15) is 11.8 Å². The van der Waals surface area contributed by atoms with Crippen LogP contribution in [-0.2, 0) is 0 Å². The van der Waals surface area contributed by atoms with Crippen molar-refractivity contribution in [2.75, 3.05) is 6.61 Å². The van der Waals surface area contributed by atoms with Gasteiger partial charge in [-0.1, -0.05) is 13.8 Å². The van der Waals surface area contributed by atoms with E-state index in [9.17, 15) is 0 Å². The summed E-state index contributed by atoms with van der Waals surface area (Å²) < 4.78 is 5.29. The summed E-state index contributed by atoms with van der Waals surface area (Å²) in [5, 5.41) is 8.58. The first-order valence-corrected chi connectivity index (χ1v) is 4.58. The third-order valence-electron chi connectivity index (χ3n) is 1.67. The van der Waals surface area contributed by atoms with Crippen molar-refractivity contribution in [1.82, 2.24) is 9.97 Å². The molecule has 1 rings (SSSR count). The van der Waals surface area contributed by atoms with Crippen LogP contribution in [0.25, 0.3) is 0 Å². The molecular weight excluding hydrogens is 178 g/mol. The minimum atomic E-state index is 0.282. The average Bonchev–Trinajstić information content (AvgIpc) is 2.18. The average molecular weight is 191 g/mol. The van der Waals surface area contributed by atoms with Crippen molar-refractivity contribution in [3.8, 4) is 12.1 Å². The second-order valence-electron chi connectivity index (χ2n) is 3.37. The van der Waals surface area contributed by atoms with Gasteiger partial charge in [0.25, 0.3) is 0 Å². The lowest BCUT2D eigenvalue weighted by Crippen LogP contribution is -2.04. The van der Waals surface area contributed by atoms with Crippen molar-refractivity contribution in [3.05, 3.63) is 18.0 Å². The summed E-state index contributed by atoms with van der Waals surface area (Å²) in [6.07, 6.45) is 2.48. The summed E-state index contributed by atoms with van der Waals surface area (Å²) >= 11 is 0. The van der Waals surface area contributed by atoms with Gasteiger partial charge in [-0.15, -0.1) is 0 Å². The molecule has 0 aliphatic heterocycles. The van der Waals surface area contributed by atoms with Crippen LogP contribution in [0.3, 0.4) is 0 Å². The maximum absolute atomic E-state index is 8.58. The lowest BCUT2D eigenvalue weighted by atomic mass is 10.1. The highest BCUT2D eigenvalue weighted by atomic mass is 16.5. The van der Waals surface area contributed by atoms with Crippen LogP contribution in [0.5, 0.6) is 6.01 Å². The van der Waals surface area contributed by atoms with Crippen LogP contribution < -0.4 is 4.74 Å². The number of aromatic nitrogens is 2. The Morgan fingerprint density at radius 1 is 1.57 bits per heavy atom. The predicted octanol–water partition coefficient (Wildman–Crippen LogP) is 1.77. The van der Waals surface area contributed by atoms with Crippen LogP contribution in [0.15, 0.2) is 12.3 Å². The number of nitriles is 1. The minimum absolute atomic E-state index is 0.282. The molecule has 0 spiro atoms. The Balaban J connectivity index is 2.47. The zero-order valence-electron chi connectivity index (χ0n) is 8.40. The van der Waals surface area contributed by atoms with Crippen molar-refractivity contribution >= 4 is 0 Å². The van der Waals surface area contributed by atoms with Crippen LogP contribution >= 0.6 is 0 Å². The quantitative estimate of drug-likeness (QED) is 0.727. The second-order valence-corrected chi connectivity index (χ2v) is 3.37. The van der Waals surface area contributed by atoms with E-state index in [-0.39, 0.29) is 6.01 Å². The van der Waals surface area contributed by atoms with Crippen molar-refractivity contribution in [2.24, 2.45) is 5.92 Å². The Kier molecular flexibility index (Phi) is 3.86. The van der Waals surface area contributed by atoms with Crippen molar-refractivity contribution in [1.29, 1.82) is 5.26 Å². The largest absolute Gasteiger partial charge is 0.463 e. The molecular formula is C10H13N3O. The Hall–Kier alpha value is -1.63. The molecule has 1 heterocycles. The van der Waals surface area contributed by atoms with E-state index in [1.807, 2.05) is 6.07 Å². The zero-order chi connectivity index (χ0) is 10.4. The Morgan fingerprint density at radius 3 is 3.00 bits per heavy atom. The van der Waals surface area contributed by atoms with Gasteiger partial charge in [-0.3, -0.25) is 0 Å². The van der Waals surface area contributed by atoms with Gasteiger partial charge in [-0.2, -0.15) is 10.2 Å². The van der Waals surface area contributed by atoms with Crippen molar-refractivity contribution < 1.29 is 4.74 Å². The van der Waals surface area contributed by atoms with E-state index in [0.29, 0.717) is 18.2 Å². The highest BCUT2D eigenvalue weighted by molar-refractivity contribution is 5.19. The van der Waals surface area contributed by atoms with Crippen LogP contribution in [-0.4, -0.2) is 16.6 Å². The molecule has 0 amide bonds. The molecule has 0 N–H and O–H groups in total. The van der Waals surface area contributed by atoms with Gasteiger partial charge < -0.3 is 4.74 Å². The first-order chi connectivity index (χ1) is 6.72. The molecule has 0 atom stereocenters. The Bertz CT molecular complexity index is 330. The maximum Gasteiger partial charge on any atom is 0.317 e. The van der Waals surface area contributed by atoms with Gasteiger partial charge in [0.05, 0.1) is 6.61 Å². The Labute approximate surface area is 83.6 Å². The molecule has 0 aliphatic carbocycles. The van der Waals surface area contributed by atoms with Gasteiger partial charge in [-0.25, -0.2) is 4.98 Å². The van der Waals surface area contributed by atoms with Crippen LogP contribution in [0, 0.1) is 17.2 Å². The first kappa shape index (κ1) is 10.5. The molecule has 14 heavy (non-hydrogen) atoms. The molecule has 1 aromatic heterocycles. The summed E-state index contributed by atoms with van der Waals surface area (Å²) in [6.45, 7) is 4.83. The lowest BCUT2D eigenvalue weighted by Gasteiger charge is -2.05. The van der Waals surface area contributed by atoms with E-state index < -0.39 is 0 Å². The van der Waals surface area contributed by atoms with E-state index in [4.69, 9.17) is 10.00 Å². The Morgan fingerprint density at radius 2 is 2.36 bits per heavy atom. The summed E-state index contributed by atoms with van der Waals surface area (Å²) in [4.78, 5) is 7.79. The van der Waals surface area contributed by atoms with Crippen LogP contribution in [0.1, 0.15) is 26.0 Å². The van der Waals surface area contributed by atoms with E-state index in [2.05, 4.69) is 23.8 Å². The summed E-state index contributed by atoms with van der Waals surface area (Å²) in [5.74, 6) is 0.592. The van der Waals surface area contributed by atoms with Crippen LogP contribution in [0.4, 0.5) is 0 Å². The van der Waals surface area contributed by atoms with Gasteiger partial charge in [0.15, 0.2) is 0 Å². The maximum atomic E-state index is 8.58. The first-order valence-electron chi connectivity index (χ1n) is 4.58. The molecule has 0 bridgehead atoms. The number of hydrogen-bond acceptors (Lipinski definition) is 4. The van der Waals surface area contributed by atoms with Crippen LogP contribution in [0.2, 0.25) is 0 Å². The summed E-state index contributed by atoms with van der Waals surface area (Å²) in [5.41, 5.74) is 0.333. The highest BCUT2D eigenvalue weighted by Gasteiger charge is 2.00. The van der Waals surface area contributed by atoms with E-state index >= 15 is 0 Å². The molecule has 0 saturated carbocycles. The minimum Gasteiger partial charge on any atom is -0.463 e. The second kappa shape index (κ2) is 5.18. The fraction of sp³-hybridized carbons (Fsp3) is 0.500. The smallest absolute Gasteiger partial charge is 0.317 e. The van der Waals surface area contributed by atoms with Gasteiger partial charge in [0.2, 0.25) is 0 Å². The third-order valence-corrected chi connectivity index (χ3v) is 1.67. The summed E-state index contributed by atoms with van der Waals surface area (Å²) in [7, 11) is 0. The molecule has 0 unspecified atom stereocenters. The molecule has 0 saturated heterocycles. The van der Waals surface area contributed by atoms with Crippen molar-refractivity contribution in [3.63, 3.8) is 0 Å². The van der Waals surface area contributed by atoms with Gasteiger partial charge in [0, 0.05) is 6.20 Å². The normalized spacial score (nSPS) is 9.86. The number of hydrogen-bond donors (Lipinski definition) is 0. The monoisotopic (exact) mass is 191 g/mol. The van der Waals surface area contributed by atoms with E-state index in [1.165, 1.54) is 6.20 Å². The molecule has 1 aromatic rings. The highest BCUT2D eigenvalue weighted by Crippen LogP contribution is 2.04. The molecule has 4 heteroatoms. The van der Waals surface area contributed by atoms with E-state index in [0.717, 1.165) is 6.42 Å². The molecule has 4 nitrogen and oxygen atoms in total. The summed E-state index contributed by atoms with van der Waals surface area (Å²) in [6, 6.07) is 3.77. The van der Waals surface area contributed by atoms with E-state index in [1.54, 1.807) is 6.07 Å². The molecule has 74 valence electrons. The zero-order valence-corrected chi connectivity index (χ0v) is 8.40. The van der Waals surface area contributed by atoms with Gasteiger partial charge >= 0.3 is 6.01 Å². The number of ether oxygens (including phenoxy) is 1. The topological polar surface area (TPSA) is 58.8 Å². The number of nitrogens with zero attached hydrogens (tertiary/aromatic N) is 3. The lowest BCUT2D eigenvalue weighted by molar-refractivity contribution is 0.268. The molecule has 0 aliphatic rings. The predicted molar refractivity (Wildman–Crippen MR) is 51.7 cm³/mol. The fourth-order valence-electron chi connectivity index (χ4n) is 0.859. The fourth-order valence-corrected chi connectivity index (χ4v) is 0.859. The standard InChI is InChI=1S/C10H13N3O/c1-8(2)4-6-14-10-12-5-3-9(7-11)13-10/h3,5,8H,4,6H2,1-2H3. The third kappa shape index (κ3) is 3.40. The molecule has 0 radical (unpaired) electrons. The van der Waals surface area contributed by atoms with Crippen molar-refractivity contribution in [2.45, 2.75) is 20.3 Å². The number of rotatable bonds is 4.